The maximum Gasteiger partial charge on any atom is 0.346 e. The molecule has 1 aliphatic carbocycles. The second-order valence-electron chi connectivity index (χ2n) is 11.4. The first-order chi connectivity index (χ1) is 20.2. The highest BCUT2D eigenvalue weighted by molar-refractivity contribution is 5.91. The number of hydrogen-bond acceptors (Lipinski definition) is 5. The van der Waals surface area contributed by atoms with Gasteiger partial charge in [0.25, 0.3) is 0 Å². The van der Waals surface area contributed by atoms with Crippen LogP contribution < -0.4 is 9.47 Å². The fourth-order valence-corrected chi connectivity index (χ4v) is 5.19. The summed E-state index contributed by atoms with van der Waals surface area (Å²) in [6.45, 7) is 5.98. The van der Waals surface area contributed by atoms with Gasteiger partial charge in [-0.1, -0.05) is 77.8 Å². The predicted molar refractivity (Wildman–Crippen MR) is 157 cm³/mol. The van der Waals surface area contributed by atoms with Crippen LogP contribution in [0.4, 0.5) is 13.2 Å². The standard InChI is InChI=1S/C34H45F3O5/c1-4-6-7-8-9-10-11-22-40-29-21-20-28(31(36)32(29)37)33(38)41-26-16-12-24(13-17-26)25-14-18-27(19-15-25)42-34(39)30(35)23(3)5-2/h12-13,16-17,20-21,23,25,27,30H,4-11,14-15,18-19,22H2,1-3H3/t23-,25-,27-,30-/m0/s1. The Kier molecular flexibility index (Phi) is 13.7. The molecule has 0 radical (unpaired) electrons. The van der Waals surface area contributed by atoms with Gasteiger partial charge in [0.05, 0.1) is 12.2 Å². The Balaban J connectivity index is 1.45. The molecule has 0 bridgehead atoms. The van der Waals surface area contributed by atoms with Gasteiger partial charge >= 0.3 is 11.9 Å². The number of carbonyl (C=O) groups excluding carboxylic acids is 2. The summed E-state index contributed by atoms with van der Waals surface area (Å²) in [6, 6.07) is 9.33. The fraction of sp³-hybridized carbons (Fsp3) is 0.588. The van der Waals surface area contributed by atoms with Crippen LogP contribution in [0.15, 0.2) is 36.4 Å². The third kappa shape index (κ3) is 9.77. The highest BCUT2D eigenvalue weighted by Gasteiger charge is 2.30. The van der Waals surface area contributed by atoms with Gasteiger partial charge in [0.1, 0.15) is 11.9 Å². The highest BCUT2D eigenvalue weighted by Crippen LogP contribution is 2.35. The lowest BCUT2D eigenvalue weighted by molar-refractivity contribution is -0.158. The van der Waals surface area contributed by atoms with E-state index in [0.29, 0.717) is 19.3 Å². The summed E-state index contributed by atoms with van der Waals surface area (Å²) in [5.41, 5.74) is 0.527. The highest BCUT2D eigenvalue weighted by atomic mass is 19.2. The van der Waals surface area contributed by atoms with Gasteiger partial charge < -0.3 is 14.2 Å². The van der Waals surface area contributed by atoms with Crippen LogP contribution >= 0.6 is 0 Å². The van der Waals surface area contributed by atoms with Gasteiger partial charge in [-0.15, -0.1) is 0 Å². The van der Waals surface area contributed by atoms with Crippen molar-refractivity contribution in [2.75, 3.05) is 6.61 Å². The number of rotatable bonds is 16. The summed E-state index contributed by atoms with van der Waals surface area (Å²) in [6.07, 6.45) is 9.11. The van der Waals surface area contributed by atoms with Crippen LogP contribution in [-0.4, -0.2) is 30.8 Å². The molecule has 2 atom stereocenters. The second-order valence-corrected chi connectivity index (χ2v) is 11.4. The number of hydrogen-bond donors (Lipinski definition) is 0. The van der Waals surface area contributed by atoms with Crippen LogP contribution in [0.25, 0.3) is 0 Å². The van der Waals surface area contributed by atoms with E-state index in [9.17, 15) is 22.8 Å². The zero-order chi connectivity index (χ0) is 30.5. The van der Waals surface area contributed by atoms with E-state index >= 15 is 0 Å². The van der Waals surface area contributed by atoms with E-state index in [0.717, 1.165) is 44.1 Å². The lowest BCUT2D eigenvalue weighted by atomic mass is 9.82. The Hall–Kier alpha value is -3.03. The number of ether oxygens (including phenoxy) is 3. The molecule has 0 N–H and O–H groups in total. The van der Waals surface area contributed by atoms with Crippen LogP contribution in [0.2, 0.25) is 0 Å². The lowest BCUT2D eigenvalue weighted by Crippen LogP contribution is -2.31. The van der Waals surface area contributed by atoms with E-state index in [4.69, 9.17) is 14.2 Å². The molecule has 0 aromatic heterocycles. The molecule has 0 amide bonds. The van der Waals surface area contributed by atoms with Gasteiger partial charge in [-0.05, 0) is 73.8 Å². The molecule has 0 heterocycles. The minimum atomic E-state index is -1.60. The first-order valence-corrected chi connectivity index (χ1v) is 15.5. The molecule has 0 saturated heterocycles. The summed E-state index contributed by atoms with van der Waals surface area (Å²) in [4.78, 5) is 24.6. The van der Waals surface area contributed by atoms with Gasteiger partial charge in [-0.25, -0.2) is 18.4 Å². The number of halogens is 3. The molecule has 8 heteroatoms. The summed E-state index contributed by atoms with van der Waals surface area (Å²) in [5, 5.41) is 0. The van der Waals surface area contributed by atoms with E-state index in [1.165, 1.54) is 31.4 Å². The molecule has 1 saturated carbocycles. The van der Waals surface area contributed by atoms with Gasteiger partial charge in [-0.2, -0.15) is 4.39 Å². The molecule has 1 fully saturated rings. The molecule has 0 unspecified atom stereocenters. The average Bonchev–Trinajstić information content (AvgIpc) is 3.00. The van der Waals surface area contributed by atoms with Gasteiger partial charge in [0, 0.05) is 0 Å². The van der Waals surface area contributed by atoms with Crippen molar-refractivity contribution in [3.8, 4) is 11.5 Å². The van der Waals surface area contributed by atoms with Crippen LogP contribution in [0.3, 0.4) is 0 Å². The Morgan fingerprint density at radius 3 is 2.14 bits per heavy atom. The van der Waals surface area contributed by atoms with Crippen molar-refractivity contribution in [1.29, 1.82) is 0 Å². The second kappa shape index (κ2) is 17.2. The van der Waals surface area contributed by atoms with E-state index in [1.807, 2.05) is 19.1 Å². The molecule has 2 aromatic carbocycles. The van der Waals surface area contributed by atoms with Crippen molar-refractivity contribution in [2.45, 2.75) is 116 Å². The molecule has 0 spiro atoms. The SMILES string of the molecule is CCCCCCCCCOc1ccc(C(=O)Oc2ccc([C@H]3CC[C@H](OC(=O)[C@@H](F)[C@@H](C)CC)CC3)cc2)c(F)c1F. The van der Waals surface area contributed by atoms with Crippen LogP contribution in [-0.2, 0) is 9.53 Å². The predicted octanol–water partition coefficient (Wildman–Crippen LogP) is 9.27. The van der Waals surface area contributed by atoms with Crippen molar-refractivity contribution >= 4 is 11.9 Å². The Labute approximate surface area is 248 Å². The van der Waals surface area contributed by atoms with Gasteiger partial charge in [0.2, 0.25) is 5.82 Å². The van der Waals surface area contributed by atoms with E-state index in [1.54, 1.807) is 19.1 Å². The van der Waals surface area contributed by atoms with Crippen LogP contribution in [0, 0.1) is 17.6 Å². The fourth-order valence-electron chi connectivity index (χ4n) is 5.19. The topological polar surface area (TPSA) is 61.8 Å². The summed E-state index contributed by atoms with van der Waals surface area (Å²) in [5.74, 6) is -4.42. The van der Waals surface area contributed by atoms with Crippen molar-refractivity contribution < 1.29 is 37.0 Å². The quantitative estimate of drug-likeness (QED) is 0.111. The van der Waals surface area contributed by atoms with Crippen molar-refractivity contribution in [1.82, 2.24) is 0 Å². The number of unbranched alkanes of at least 4 members (excludes halogenated alkanes) is 6. The Morgan fingerprint density at radius 1 is 0.857 bits per heavy atom. The summed E-state index contributed by atoms with van der Waals surface area (Å²) >= 11 is 0. The first kappa shape index (κ1) is 33.5. The molecular formula is C34H45F3O5. The van der Waals surface area contributed by atoms with Gasteiger partial charge in [0.15, 0.2) is 17.7 Å². The molecule has 42 heavy (non-hydrogen) atoms. The zero-order valence-corrected chi connectivity index (χ0v) is 25.1. The maximum atomic E-state index is 14.7. The smallest absolute Gasteiger partial charge is 0.346 e. The Morgan fingerprint density at radius 2 is 1.50 bits per heavy atom. The number of alkyl halides is 1. The third-order valence-corrected chi connectivity index (χ3v) is 8.16. The Bertz CT molecular complexity index is 1130. The molecule has 5 nitrogen and oxygen atoms in total. The van der Waals surface area contributed by atoms with E-state index < -0.39 is 35.3 Å². The number of carbonyl (C=O) groups is 2. The van der Waals surface area contributed by atoms with E-state index in [2.05, 4.69) is 6.92 Å². The number of benzene rings is 2. The lowest BCUT2D eigenvalue weighted by Gasteiger charge is -2.29. The molecule has 3 rings (SSSR count). The van der Waals surface area contributed by atoms with Crippen molar-refractivity contribution in [2.24, 2.45) is 5.92 Å². The van der Waals surface area contributed by atoms with Crippen LogP contribution in [0.5, 0.6) is 11.5 Å². The average molecular weight is 591 g/mol. The minimum Gasteiger partial charge on any atom is -0.490 e. The maximum absolute atomic E-state index is 14.7. The van der Waals surface area contributed by atoms with Crippen molar-refractivity contribution in [3.63, 3.8) is 0 Å². The van der Waals surface area contributed by atoms with Crippen LogP contribution in [0.1, 0.15) is 120 Å². The van der Waals surface area contributed by atoms with Crippen molar-refractivity contribution in [3.05, 3.63) is 59.2 Å². The molecular weight excluding hydrogens is 545 g/mol. The molecule has 0 aliphatic heterocycles. The van der Waals surface area contributed by atoms with E-state index in [-0.39, 0.29) is 36.0 Å². The molecule has 1 aliphatic rings. The van der Waals surface area contributed by atoms with Gasteiger partial charge in [-0.3, -0.25) is 0 Å². The normalized spacial score (nSPS) is 18.2. The first-order valence-electron chi connectivity index (χ1n) is 15.5. The summed E-state index contributed by atoms with van der Waals surface area (Å²) in [7, 11) is 0. The summed E-state index contributed by atoms with van der Waals surface area (Å²) < 4.78 is 59.5. The zero-order valence-electron chi connectivity index (χ0n) is 25.1. The monoisotopic (exact) mass is 590 g/mol. The third-order valence-electron chi connectivity index (χ3n) is 8.16. The largest absolute Gasteiger partial charge is 0.490 e. The minimum absolute atomic E-state index is 0.212. The molecule has 2 aromatic rings. The number of esters is 2. The molecule has 232 valence electrons.